The molecule has 0 bridgehead atoms. The van der Waals surface area contributed by atoms with Crippen molar-refractivity contribution in [2.45, 2.75) is 46.7 Å². The maximum absolute atomic E-state index is 13.4. The van der Waals surface area contributed by atoms with E-state index in [1.807, 2.05) is 32.0 Å². The van der Waals surface area contributed by atoms with Crippen LogP contribution in [0.4, 0.5) is 13.2 Å². The van der Waals surface area contributed by atoms with Crippen LogP contribution in [-0.4, -0.2) is 31.8 Å². The van der Waals surface area contributed by atoms with E-state index in [0.717, 1.165) is 44.2 Å². The van der Waals surface area contributed by atoms with Crippen LogP contribution in [-0.2, 0) is 30.7 Å². The number of pyridine rings is 3. The van der Waals surface area contributed by atoms with E-state index in [1.54, 1.807) is 26.2 Å². The minimum Gasteiger partial charge on any atom is -0.486 e. The van der Waals surface area contributed by atoms with Crippen molar-refractivity contribution < 1.29 is 22.6 Å². The molecule has 0 unspecified atom stereocenters. The Bertz CT molecular complexity index is 1850. The molecular formula is C30H27ClF3N5O3. The highest BCUT2D eigenvalue weighted by Crippen LogP contribution is 2.35. The molecule has 4 heterocycles. The fourth-order valence-corrected chi connectivity index (χ4v) is 5.17. The van der Waals surface area contributed by atoms with Crippen LogP contribution in [0, 0.1) is 20.8 Å². The molecule has 0 aliphatic heterocycles. The van der Waals surface area contributed by atoms with Crippen molar-refractivity contribution in [3.8, 4) is 17.0 Å². The number of benzene rings is 1. The Morgan fingerprint density at radius 2 is 1.76 bits per heavy atom. The van der Waals surface area contributed by atoms with E-state index in [-0.39, 0.29) is 13.2 Å². The lowest BCUT2D eigenvalue weighted by Gasteiger charge is -2.16. The Hall–Kier alpha value is -4.22. The van der Waals surface area contributed by atoms with Crippen molar-refractivity contribution >= 4 is 22.5 Å². The molecule has 5 aromatic rings. The zero-order chi connectivity index (χ0) is 30.2. The normalized spacial score (nSPS) is 11.8. The first-order chi connectivity index (χ1) is 20.0. The maximum Gasteiger partial charge on any atom is 0.421 e. The van der Waals surface area contributed by atoms with E-state index in [4.69, 9.17) is 26.1 Å². The standard InChI is InChI=1S/C30H27ClF3N5O3/c1-16-11-20(27-21(14-41-4)18(3)37-38-27)19-7-5-9-26(28(19)36-16)42-15-22-24(31)12-17(2)35-25(22)13-39-10-6-8-23(29(39)40)30(32,33)34/h5-12H,13-15H2,1-4H3,(H,37,38). The number of halogens is 4. The molecule has 218 valence electrons. The average Bonchev–Trinajstić information content (AvgIpc) is 3.28. The van der Waals surface area contributed by atoms with Gasteiger partial charge in [-0.3, -0.25) is 14.9 Å². The molecule has 1 N–H and O–H groups in total. The maximum atomic E-state index is 13.4. The van der Waals surface area contributed by atoms with Gasteiger partial charge in [-0.05, 0) is 51.1 Å². The predicted octanol–water partition coefficient (Wildman–Crippen LogP) is 6.55. The number of nitrogens with one attached hydrogen (secondary N) is 1. The predicted molar refractivity (Wildman–Crippen MR) is 153 cm³/mol. The van der Waals surface area contributed by atoms with Gasteiger partial charge in [-0.2, -0.15) is 18.3 Å². The van der Waals surface area contributed by atoms with Gasteiger partial charge in [-0.15, -0.1) is 0 Å². The quantitative estimate of drug-likeness (QED) is 0.218. The SMILES string of the molecule is COCc1c(-c2cc(C)nc3c(OCc4c(Cl)cc(C)nc4Cn4cccc(C(F)(F)F)c4=O)cccc23)n[nH]c1C. The van der Waals surface area contributed by atoms with E-state index in [0.29, 0.717) is 39.8 Å². The highest BCUT2D eigenvalue weighted by molar-refractivity contribution is 6.31. The second kappa shape index (κ2) is 11.6. The molecule has 5 rings (SSSR count). The third kappa shape index (κ3) is 5.75. The van der Waals surface area contributed by atoms with Gasteiger partial charge in [0.1, 0.15) is 23.4 Å². The van der Waals surface area contributed by atoms with Crippen LogP contribution in [0.25, 0.3) is 22.2 Å². The van der Waals surface area contributed by atoms with Gasteiger partial charge in [0.25, 0.3) is 5.56 Å². The third-order valence-electron chi connectivity index (χ3n) is 6.85. The van der Waals surface area contributed by atoms with Crippen LogP contribution >= 0.6 is 11.6 Å². The molecule has 0 aliphatic carbocycles. The van der Waals surface area contributed by atoms with Crippen molar-refractivity contribution in [2.24, 2.45) is 0 Å². The summed E-state index contributed by atoms with van der Waals surface area (Å²) >= 11 is 6.58. The molecule has 0 saturated carbocycles. The van der Waals surface area contributed by atoms with Gasteiger partial charge in [-0.25, -0.2) is 4.98 Å². The summed E-state index contributed by atoms with van der Waals surface area (Å²) < 4.78 is 52.6. The van der Waals surface area contributed by atoms with Crippen LogP contribution in [0.5, 0.6) is 5.75 Å². The second-order valence-corrected chi connectivity index (χ2v) is 10.3. The van der Waals surface area contributed by atoms with Crippen molar-refractivity contribution in [1.82, 2.24) is 24.7 Å². The second-order valence-electron chi connectivity index (χ2n) is 9.88. The van der Waals surface area contributed by atoms with Gasteiger partial charge in [-0.1, -0.05) is 23.7 Å². The minimum absolute atomic E-state index is 0.0599. The molecule has 1 aromatic carbocycles. The summed E-state index contributed by atoms with van der Waals surface area (Å²) in [6.07, 6.45) is -3.49. The van der Waals surface area contributed by atoms with Crippen LogP contribution in [0.15, 0.2) is 53.5 Å². The number of alkyl halides is 3. The van der Waals surface area contributed by atoms with Crippen LogP contribution in [0.1, 0.15) is 39.5 Å². The molecule has 0 aliphatic rings. The molecule has 0 saturated heterocycles. The van der Waals surface area contributed by atoms with Crippen LogP contribution < -0.4 is 10.3 Å². The third-order valence-corrected chi connectivity index (χ3v) is 7.19. The summed E-state index contributed by atoms with van der Waals surface area (Å²) in [4.78, 5) is 21.8. The van der Waals surface area contributed by atoms with Crippen LogP contribution in [0.2, 0.25) is 5.02 Å². The molecule has 0 spiro atoms. The number of aromatic amines is 1. The van der Waals surface area contributed by atoms with Gasteiger partial charge in [0, 0.05) is 52.5 Å². The summed E-state index contributed by atoms with van der Waals surface area (Å²) in [5.74, 6) is 0.469. The number of ether oxygens (including phenoxy) is 2. The summed E-state index contributed by atoms with van der Waals surface area (Å²) in [7, 11) is 1.63. The minimum atomic E-state index is -4.78. The first kappa shape index (κ1) is 29.3. The lowest BCUT2D eigenvalue weighted by atomic mass is 10.0. The van der Waals surface area contributed by atoms with E-state index in [2.05, 4.69) is 15.2 Å². The monoisotopic (exact) mass is 597 g/mol. The van der Waals surface area contributed by atoms with Gasteiger partial charge >= 0.3 is 6.18 Å². The number of fused-ring (bicyclic) bond motifs is 1. The Balaban J connectivity index is 1.53. The van der Waals surface area contributed by atoms with E-state index in [1.165, 1.54) is 12.3 Å². The highest BCUT2D eigenvalue weighted by atomic mass is 35.5. The van der Waals surface area contributed by atoms with Crippen LogP contribution in [0.3, 0.4) is 0 Å². The van der Waals surface area contributed by atoms with E-state index < -0.39 is 17.3 Å². The Kier molecular flexibility index (Phi) is 8.07. The number of aromatic nitrogens is 5. The van der Waals surface area contributed by atoms with Gasteiger partial charge < -0.3 is 14.0 Å². The molecule has 0 amide bonds. The summed E-state index contributed by atoms with van der Waals surface area (Å²) in [5, 5.41) is 8.68. The smallest absolute Gasteiger partial charge is 0.421 e. The topological polar surface area (TPSA) is 94.9 Å². The molecule has 8 nitrogen and oxygen atoms in total. The largest absolute Gasteiger partial charge is 0.486 e. The van der Waals surface area contributed by atoms with Gasteiger partial charge in [0.2, 0.25) is 0 Å². The van der Waals surface area contributed by atoms with E-state index in [9.17, 15) is 18.0 Å². The highest BCUT2D eigenvalue weighted by Gasteiger charge is 2.34. The number of methoxy groups -OCH3 is 1. The number of hydrogen-bond donors (Lipinski definition) is 1. The number of H-pyrrole nitrogens is 1. The molecular weight excluding hydrogens is 571 g/mol. The number of hydrogen-bond acceptors (Lipinski definition) is 6. The summed E-state index contributed by atoms with van der Waals surface area (Å²) in [6.45, 7) is 5.62. The van der Waals surface area contributed by atoms with Crippen molar-refractivity contribution in [3.05, 3.63) is 104 Å². The number of nitrogens with zero attached hydrogens (tertiary/aromatic N) is 4. The first-order valence-electron chi connectivity index (χ1n) is 13.0. The number of rotatable bonds is 8. The fourth-order valence-electron chi connectivity index (χ4n) is 4.85. The fraction of sp³-hybridized carbons (Fsp3) is 0.267. The summed E-state index contributed by atoms with van der Waals surface area (Å²) in [6, 6.07) is 11.1. The Labute approximate surface area is 244 Å². The summed E-state index contributed by atoms with van der Waals surface area (Å²) in [5.41, 5.74) is 3.69. The number of aryl methyl sites for hydroxylation is 3. The molecule has 42 heavy (non-hydrogen) atoms. The van der Waals surface area contributed by atoms with Gasteiger partial charge in [0.05, 0.1) is 29.6 Å². The zero-order valence-corrected chi connectivity index (χ0v) is 24.0. The molecule has 0 fully saturated rings. The van der Waals surface area contributed by atoms with Crippen molar-refractivity contribution in [3.63, 3.8) is 0 Å². The Morgan fingerprint density at radius 3 is 2.50 bits per heavy atom. The first-order valence-corrected chi connectivity index (χ1v) is 13.3. The molecule has 12 heteroatoms. The molecule has 0 radical (unpaired) electrons. The van der Waals surface area contributed by atoms with Gasteiger partial charge in [0.15, 0.2) is 0 Å². The Morgan fingerprint density at radius 1 is 1.00 bits per heavy atom. The molecule has 4 aromatic heterocycles. The average molecular weight is 598 g/mol. The van der Waals surface area contributed by atoms with Crippen molar-refractivity contribution in [1.29, 1.82) is 0 Å². The van der Waals surface area contributed by atoms with Crippen molar-refractivity contribution in [2.75, 3.05) is 7.11 Å². The lowest BCUT2D eigenvalue weighted by Crippen LogP contribution is -2.29. The van der Waals surface area contributed by atoms with E-state index >= 15 is 0 Å². The molecule has 0 atom stereocenters. The zero-order valence-electron chi connectivity index (χ0n) is 23.3. The lowest BCUT2D eigenvalue weighted by molar-refractivity contribution is -0.138. The number of para-hydroxylation sites is 1.